The standard InChI is InChI=1S/C20H44OSi/c1-5-7-8-9-10-11-12-13-14-15-16-17-18-19-20-21-22(3,4)6-2/h5-20H2,1-4H3. The molecular weight excluding hydrogens is 284 g/mol. The van der Waals surface area contributed by atoms with Crippen LogP contribution in [-0.4, -0.2) is 14.9 Å². The van der Waals surface area contributed by atoms with Crippen molar-refractivity contribution in [3.05, 3.63) is 0 Å². The third-order valence-electron chi connectivity index (χ3n) is 4.84. The van der Waals surface area contributed by atoms with Crippen LogP contribution in [0.3, 0.4) is 0 Å². The van der Waals surface area contributed by atoms with Gasteiger partial charge in [-0.25, -0.2) is 0 Å². The largest absolute Gasteiger partial charge is 0.417 e. The van der Waals surface area contributed by atoms with Crippen LogP contribution in [0.15, 0.2) is 0 Å². The molecule has 0 radical (unpaired) electrons. The highest BCUT2D eigenvalue weighted by Crippen LogP contribution is 2.14. The number of hydrogen-bond donors (Lipinski definition) is 0. The molecule has 0 amide bonds. The normalized spacial score (nSPS) is 12.0. The molecule has 0 atom stereocenters. The van der Waals surface area contributed by atoms with E-state index in [1.54, 1.807) is 0 Å². The minimum absolute atomic E-state index is 1.01. The molecule has 0 aromatic heterocycles. The van der Waals surface area contributed by atoms with E-state index in [-0.39, 0.29) is 0 Å². The molecule has 0 spiro atoms. The van der Waals surface area contributed by atoms with E-state index in [1.165, 1.54) is 95.9 Å². The quantitative estimate of drug-likeness (QED) is 0.196. The molecule has 2 heteroatoms. The van der Waals surface area contributed by atoms with E-state index in [1.807, 2.05) is 0 Å². The van der Waals surface area contributed by atoms with Gasteiger partial charge in [0.05, 0.1) is 0 Å². The summed E-state index contributed by atoms with van der Waals surface area (Å²) in [5, 5.41) is 0. The first-order valence-corrected chi connectivity index (χ1v) is 13.4. The van der Waals surface area contributed by atoms with Gasteiger partial charge < -0.3 is 4.43 Å². The van der Waals surface area contributed by atoms with E-state index in [4.69, 9.17) is 4.43 Å². The lowest BCUT2D eigenvalue weighted by molar-refractivity contribution is 0.294. The van der Waals surface area contributed by atoms with Crippen LogP contribution < -0.4 is 0 Å². The predicted molar refractivity (Wildman–Crippen MR) is 104 cm³/mol. The number of unbranched alkanes of at least 4 members (excludes halogenated alkanes) is 13. The maximum atomic E-state index is 6.02. The zero-order valence-electron chi connectivity index (χ0n) is 16.2. The van der Waals surface area contributed by atoms with Crippen LogP contribution in [0.2, 0.25) is 19.1 Å². The summed E-state index contributed by atoms with van der Waals surface area (Å²) in [5.41, 5.74) is 0. The van der Waals surface area contributed by atoms with Gasteiger partial charge >= 0.3 is 0 Å². The fourth-order valence-electron chi connectivity index (χ4n) is 2.75. The molecule has 0 aromatic carbocycles. The first kappa shape index (κ1) is 22.2. The second kappa shape index (κ2) is 16.0. The Balaban J connectivity index is 3.06. The Morgan fingerprint density at radius 1 is 0.545 bits per heavy atom. The Morgan fingerprint density at radius 3 is 1.27 bits per heavy atom. The van der Waals surface area contributed by atoms with Crippen LogP contribution >= 0.6 is 0 Å². The molecule has 1 nitrogen and oxygen atoms in total. The predicted octanol–water partition coefficient (Wildman–Crippen LogP) is 7.71. The molecule has 0 unspecified atom stereocenters. The van der Waals surface area contributed by atoms with E-state index in [2.05, 4.69) is 26.9 Å². The summed E-state index contributed by atoms with van der Waals surface area (Å²) in [6.07, 6.45) is 20.0. The van der Waals surface area contributed by atoms with Gasteiger partial charge in [-0.1, -0.05) is 97.3 Å². The molecule has 0 aliphatic heterocycles. The molecule has 0 bridgehead atoms. The van der Waals surface area contributed by atoms with E-state index >= 15 is 0 Å². The molecule has 0 saturated heterocycles. The van der Waals surface area contributed by atoms with Crippen molar-refractivity contribution in [3.63, 3.8) is 0 Å². The van der Waals surface area contributed by atoms with Gasteiger partial charge in [-0.15, -0.1) is 0 Å². The third-order valence-corrected chi connectivity index (χ3v) is 7.53. The zero-order chi connectivity index (χ0) is 16.5. The maximum absolute atomic E-state index is 6.02. The molecule has 0 saturated carbocycles. The van der Waals surface area contributed by atoms with Crippen LogP contribution in [0.5, 0.6) is 0 Å². The van der Waals surface area contributed by atoms with Crippen molar-refractivity contribution in [3.8, 4) is 0 Å². The molecule has 0 N–H and O–H groups in total. The maximum Gasteiger partial charge on any atom is 0.186 e. The summed E-state index contributed by atoms with van der Waals surface area (Å²) in [4.78, 5) is 0. The van der Waals surface area contributed by atoms with Gasteiger partial charge in [0.2, 0.25) is 0 Å². The highest BCUT2D eigenvalue weighted by molar-refractivity contribution is 6.71. The lowest BCUT2D eigenvalue weighted by Gasteiger charge is -2.20. The Labute approximate surface area is 142 Å². The summed E-state index contributed by atoms with van der Waals surface area (Å²) in [6, 6.07) is 1.24. The Hall–Kier alpha value is 0.177. The van der Waals surface area contributed by atoms with E-state index < -0.39 is 8.32 Å². The first-order chi connectivity index (χ1) is 10.6. The second-order valence-electron chi connectivity index (χ2n) is 7.56. The van der Waals surface area contributed by atoms with Gasteiger partial charge in [-0.2, -0.15) is 0 Å². The molecule has 0 aliphatic rings. The van der Waals surface area contributed by atoms with Crippen molar-refractivity contribution in [1.29, 1.82) is 0 Å². The SMILES string of the molecule is CCCCCCCCCCCCCCCCO[Si](C)(C)CC. The highest BCUT2D eigenvalue weighted by atomic mass is 28.4. The summed E-state index contributed by atoms with van der Waals surface area (Å²) in [6.45, 7) is 10.2. The average molecular weight is 329 g/mol. The summed E-state index contributed by atoms with van der Waals surface area (Å²) < 4.78 is 6.02. The van der Waals surface area contributed by atoms with Crippen molar-refractivity contribution in [2.75, 3.05) is 6.61 Å². The smallest absolute Gasteiger partial charge is 0.186 e. The lowest BCUT2D eigenvalue weighted by atomic mass is 10.0. The van der Waals surface area contributed by atoms with Crippen molar-refractivity contribution in [1.82, 2.24) is 0 Å². The van der Waals surface area contributed by atoms with E-state index in [0.717, 1.165) is 6.61 Å². The highest BCUT2D eigenvalue weighted by Gasteiger charge is 2.18. The second-order valence-corrected chi connectivity index (χ2v) is 12.1. The Morgan fingerprint density at radius 2 is 0.909 bits per heavy atom. The van der Waals surface area contributed by atoms with Gasteiger partial charge in [0, 0.05) is 6.61 Å². The summed E-state index contributed by atoms with van der Waals surface area (Å²) in [7, 11) is -1.28. The summed E-state index contributed by atoms with van der Waals surface area (Å²) >= 11 is 0. The van der Waals surface area contributed by atoms with Gasteiger partial charge in [0.1, 0.15) is 0 Å². The molecule has 0 rings (SSSR count). The summed E-state index contributed by atoms with van der Waals surface area (Å²) in [5.74, 6) is 0. The van der Waals surface area contributed by atoms with Crippen molar-refractivity contribution in [2.45, 2.75) is 123 Å². The van der Waals surface area contributed by atoms with Gasteiger partial charge in [-0.3, -0.25) is 0 Å². The minimum atomic E-state index is -1.28. The Kier molecular flexibility index (Phi) is 16.2. The molecular formula is C20H44OSi. The monoisotopic (exact) mass is 328 g/mol. The van der Waals surface area contributed by atoms with Crippen LogP contribution in [0.4, 0.5) is 0 Å². The average Bonchev–Trinajstić information content (AvgIpc) is 2.51. The van der Waals surface area contributed by atoms with Crippen LogP contribution in [-0.2, 0) is 4.43 Å². The van der Waals surface area contributed by atoms with Gasteiger partial charge in [0.15, 0.2) is 8.32 Å². The van der Waals surface area contributed by atoms with Crippen molar-refractivity contribution in [2.24, 2.45) is 0 Å². The van der Waals surface area contributed by atoms with Crippen LogP contribution in [0.1, 0.15) is 104 Å². The van der Waals surface area contributed by atoms with Crippen molar-refractivity contribution < 1.29 is 4.43 Å². The molecule has 0 aromatic rings. The molecule has 134 valence electrons. The van der Waals surface area contributed by atoms with Gasteiger partial charge in [0.25, 0.3) is 0 Å². The topological polar surface area (TPSA) is 9.23 Å². The number of rotatable bonds is 17. The van der Waals surface area contributed by atoms with Gasteiger partial charge in [-0.05, 0) is 25.6 Å². The van der Waals surface area contributed by atoms with Crippen molar-refractivity contribution >= 4 is 8.32 Å². The van der Waals surface area contributed by atoms with Crippen LogP contribution in [0, 0.1) is 0 Å². The lowest BCUT2D eigenvalue weighted by Crippen LogP contribution is -2.29. The fraction of sp³-hybridized carbons (Fsp3) is 1.00. The first-order valence-electron chi connectivity index (χ1n) is 10.3. The molecule has 0 heterocycles. The van der Waals surface area contributed by atoms with E-state index in [9.17, 15) is 0 Å². The Bertz CT molecular complexity index is 216. The zero-order valence-corrected chi connectivity index (χ0v) is 17.2. The third kappa shape index (κ3) is 16.5. The molecule has 0 fully saturated rings. The minimum Gasteiger partial charge on any atom is -0.417 e. The molecule has 0 aliphatic carbocycles. The van der Waals surface area contributed by atoms with E-state index in [0.29, 0.717) is 0 Å². The molecule has 22 heavy (non-hydrogen) atoms. The fourth-order valence-corrected chi connectivity index (χ4v) is 3.65. The van der Waals surface area contributed by atoms with Crippen LogP contribution in [0.25, 0.3) is 0 Å². The number of hydrogen-bond acceptors (Lipinski definition) is 1.